The summed E-state index contributed by atoms with van der Waals surface area (Å²) in [6.45, 7) is 6.39. The molecular weight excluding hydrogens is 937 g/mol. The molecule has 0 spiro atoms. The number of hydrogen-bond donors (Lipinski definition) is 0. The maximum atomic E-state index is 12.9. The van der Waals surface area contributed by atoms with Gasteiger partial charge in [-0.25, -0.2) is 0 Å². The first-order valence-electron chi connectivity index (χ1n) is 31.9. The largest absolute Gasteiger partial charge is 0.462 e. The van der Waals surface area contributed by atoms with Crippen molar-refractivity contribution in [1.29, 1.82) is 0 Å². The molecule has 0 rings (SSSR count). The molecule has 0 aliphatic heterocycles. The highest BCUT2D eigenvalue weighted by atomic mass is 16.6. The SMILES string of the molecule is CC/C=C\C/C=C\C/C=C\C/C=C\CCCCCCCCCCCCCCCCC(=O)OCC(COC(=O)CCCC/C=C\C/C=C\C/C=C\C/C=C\CC)OC(=O)CCCCCCC/C=C\CCCCCCCCC. The van der Waals surface area contributed by atoms with Crippen molar-refractivity contribution in [2.24, 2.45) is 0 Å². The molecular formula is C70H118O6. The summed E-state index contributed by atoms with van der Waals surface area (Å²) in [6.07, 6.45) is 86.7. The van der Waals surface area contributed by atoms with Gasteiger partial charge in [0.15, 0.2) is 6.10 Å². The maximum absolute atomic E-state index is 12.9. The summed E-state index contributed by atoms with van der Waals surface area (Å²) in [5, 5.41) is 0. The topological polar surface area (TPSA) is 78.9 Å². The maximum Gasteiger partial charge on any atom is 0.306 e. The number of unbranched alkanes of at least 4 members (excludes halogenated alkanes) is 28. The summed E-state index contributed by atoms with van der Waals surface area (Å²) < 4.78 is 16.9. The van der Waals surface area contributed by atoms with Crippen molar-refractivity contribution in [2.45, 2.75) is 303 Å². The molecule has 0 aliphatic rings. The third kappa shape index (κ3) is 60.9. The van der Waals surface area contributed by atoms with E-state index in [2.05, 4.69) is 130 Å². The molecule has 1 atom stereocenters. The molecule has 0 heterocycles. The Bertz CT molecular complexity index is 1540. The van der Waals surface area contributed by atoms with Gasteiger partial charge >= 0.3 is 17.9 Å². The predicted molar refractivity (Wildman–Crippen MR) is 330 cm³/mol. The molecule has 0 amide bonds. The van der Waals surface area contributed by atoms with Gasteiger partial charge in [0.1, 0.15) is 13.2 Å². The van der Waals surface area contributed by atoms with Crippen LogP contribution < -0.4 is 0 Å². The molecule has 6 nitrogen and oxygen atoms in total. The smallest absolute Gasteiger partial charge is 0.306 e. The van der Waals surface area contributed by atoms with Crippen molar-refractivity contribution in [2.75, 3.05) is 13.2 Å². The van der Waals surface area contributed by atoms with Crippen molar-refractivity contribution < 1.29 is 28.6 Å². The summed E-state index contributed by atoms with van der Waals surface area (Å²) in [5.41, 5.74) is 0. The highest BCUT2D eigenvalue weighted by Crippen LogP contribution is 2.16. The van der Waals surface area contributed by atoms with E-state index in [1.165, 1.54) is 135 Å². The van der Waals surface area contributed by atoms with Crippen LogP contribution in [0.5, 0.6) is 0 Å². The predicted octanol–water partition coefficient (Wildman–Crippen LogP) is 21.8. The van der Waals surface area contributed by atoms with E-state index < -0.39 is 6.10 Å². The van der Waals surface area contributed by atoms with Crippen LogP contribution in [-0.2, 0) is 28.6 Å². The highest BCUT2D eigenvalue weighted by molar-refractivity contribution is 5.71. The highest BCUT2D eigenvalue weighted by Gasteiger charge is 2.19. The van der Waals surface area contributed by atoms with Crippen molar-refractivity contribution >= 4 is 17.9 Å². The number of allylic oxidation sites excluding steroid dienone is 18. The molecule has 0 bridgehead atoms. The molecule has 0 saturated heterocycles. The lowest BCUT2D eigenvalue weighted by atomic mass is 10.0. The van der Waals surface area contributed by atoms with E-state index in [1.807, 2.05) is 0 Å². The molecule has 0 aromatic carbocycles. The Morgan fingerprint density at radius 2 is 0.513 bits per heavy atom. The molecule has 6 heteroatoms. The first-order chi connectivity index (χ1) is 37.5. The molecule has 0 N–H and O–H groups in total. The monoisotopic (exact) mass is 1050 g/mol. The molecule has 0 saturated carbocycles. The minimum atomic E-state index is -0.801. The Morgan fingerprint density at radius 3 is 0.842 bits per heavy atom. The number of esters is 3. The molecule has 0 radical (unpaired) electrons. The first kappa shape index (κ1) is 72.1. The van der Waals surface area contributed by atoms with Crippen LogP contribution in [0.3, 0.4) is 0 Å². The van der Waals surface area contributed by atoms with Gasteiger partial charge in [-0.05, 0) is 122 Å². The third-order valence-electron chi connectivity index (χ3n) is 13.5. The van der Waals surface area contributed by atoms with Crippen LogP contribution >= 0.6 is 0 Å². The van der Waals surface area contributed by atoms with Gasteiger partial charge in [0.05, 0.1) is 0 Å². The van der Waals surface area contributed by atoms with Crippen LogP contribution in [0, 0.1) is 0 Å². The zero-order valence-electron chi connectivity index (χ0n) is 49.7. The van der Waals surface area contributed by atoms with E-state index >= 15 is 0 Å². The van der Waals surface area contributed by atoms with E-state index in [0.717, 1.165) is 122 Å². The van der Waals surface area contributed by atoms with Crippen molar-refractivity contribution in [1.82, 2.24) is 0 Å². The van der Waals surface area contributed by atoms with Crippen LogP contribution in [-0.4, -0.2) is 37.2 Å². The number of carbonyl (C=O) groups is 3. The van der Waals surface area contributed by atoms with Gasteiger partial charge in [-0.2, -0.15) is 0 Å². The van der Waals surface area contributed by atoms with Gasteiger partial charge in [0.2, 0.25) is 0 Å². The summed E-state index contributed by atoms with van der Waals surface area (Å²) in [6, 6.07) is 0. The Labute approximate surface area is 470 Å². The lowest BCUT2D eigenvalue weighted by Gasteiger charge is -2.18. The van der Waals surface area contributed by atoms with Crippen molar-refractivity contribution in [3.05, 3.63) is 109 Å². The summed E-state index contributed by atoms with van der Waals surface area (Å²) in [4.78, 5) is 38.3. The zero-order chi connectivity index (χ0) is 55.0. The number of rotatable bonds is 57. The standard InChI is InChI=1S/C70H118O6/c1-4-7-10-13-16-19-22-25-28-30-31-32-33-34-35-36-37-38-39-40-43-45-48-51-54-57-60-63-69(72)75-66-67(65-74-68(71)62-59-56-53-50-47-44-41-27-24-21-18-15-12-9-6-3)76-70(73)64-61-58-55-52-49-46-42-29-26-23-20-17-14-11-8-5-2/h7,9-10,12,16,18-19,21,25,27-29,31-32,41-42,47,50,67H,4-6,8,11,13-15,17,20,22-24,26,30,33-40,43-46,48-49,51-66H2,1-3H3/b10-7-,12-9-,19-16-,21-18-,28-25-,32-31-,41-27-,42-29-,50-47-. The van der Waals surface area contributed by atoms with Crippen molar-refractivity contribution in [3.63, 3.8) is 0 Å². The minimum absolute atomic E-state index is 0.0944. The Morgan fingerprint density at radius 1 is 0.276 bits per heavy atom. The van der Waals surface area contributed by atoms with E-state index in [-0.39, 0.29) is 31.1 Å². The minimum Gasteiger partial charge on any atom is -0.462 e. The third-order valence-corrected chi connectivity index (χ3v) is 13.5. The van der Waals surface area contributed by atoms with Gasteiger partial charge in [-0.1, -0.05) is 265 Å². The molecule has 434 valence electrons. The fourth-order valence-electron chi connectivity index (χ4n) is 8.77. The van der Waals surface area contributed by atoms with Crippen LogP contribution in [0.4, 0.5) is 0 Å². The van der Waals surface area contributed by atoms with E-state index in [9.17, 15) is 14.4 Å². The second-order valence-electron chi connectivity index (χ2n) is 20.9. The van der Waals surface area contributed by atoms with E-state index in [1.54, 1.807) is 0 Å². The normalized spacial score (nSPS) is 12.8. The quantitative estimate of drug-likeness (QED) is 0.0261. The molecule has 0 aromatic heterocycles. The summed E-state index contributed by atoms with van der Waals surface area (Å²) in [5.74, 6) is -0.939. The lowest BCUT2D eigenvalue weighted by Crippen LogP contribution is -2.30. The van der Waals surface area contributed by atoms with Gasteiger partial charge in [0.25, 0.3) is 0 Å². The summed E-state index contributed by atoms with van der Waals surface area (Å²) in [7, 11) is 0. The zero-order valence-corrected chi connectivity index (χ0v) is 49.7. The Hall–Kier alpha value is -3.93. The summed E-state index contributed by atoms with van der Waals surface area (Å²) >= 11 is 0. The Kier molecular flexibility index (Phi) is 60.3. The fourth-order valence-corrected chi connectivity index (χ4v) is 8.77. The molecule has 76 heavy (non-hydrogen) atoms. The number of hydrogen-bond acceptors (Lipinski definition) is 6. The molecule has 0 fully saturated rings. The van der Waals surface area contributed by atoms with Crippen LogP contribution in [0.15, 0.2) is 109 Å². The Balaban J connectivity index is 4.33. The van der Waals surface area contributed by atoms with Crippen molar-refractivity contribution in [3.8, 4) is 0 Å². The first-order valence-corrected chi connectivity index (χ1v) is 31.9. The number of ether oxygens (including phenoxy) is 3. The van der Waals surface area contributed by atoms with Gasteiger partial charge < -0.3 is 14.2 Å². The van der Waals surface area contributed by atoms with Crippen LogP contribution in [0.1, 0.15) is 297 Å². The number of carbonyl (C=O) groups excluding carboxylic acids is 3. The lowest BCUT2D eigenvalue weighted by molar-refractivity contribution is -0.167. The van der Waals surface area contributed by atoms with Gasteiger partial charge in [-0.15, -0.1) is 0 Å². The van der Waals surface area contributed by atoms with Gasteiger partial charge in [0, 0.05) is 19.3 Å². The molecule has 0 aromatic rings. The van der Waals surface area contributed by atoms with Crippen LogP contribution in [0.25, 0.3) is 0 Å². The van der Waals surface area contributed by atoms with E-state index in [0.29, 0.717) is 19.3 Å². The van der Waals surface area contributed by atoms with Crippen LogP contribution in [0.2, 0.25) is 0 Å². The molecule has 1 unspecified atom stereocenters. The second kappa shape index (κ2) is 63.6. The second-order valence-corrected chi connectivity index (χ2v) is 20.9. The van der Waals surface area contributed by atoms with Gasteiger partial charge in [-0.3, -0.25) is 14.4 Å². The average molecular weight is 1060 g/mol. The average Bonchev–Trinajstić information content (AvgIpc) is 3.42. The molecule has 0 aliphatic carbocycles. The fraction of sp³-hybridized carbons (Fsp3) is 0.700. The van der Waals surface area contributed by atoms with E-state index in [4.69, 9.17) is 14.2 Å².